The van der Waals surface area contributed by atoms with Gasteiger partial charge in [0.2, 0.25) is 0 Å². The lowest BCUT2D eigenvalue weighted by atomic mass is 10.0. The van der Waals surface area contributed by atoms with Crippen molar-refractivity contribution in [2.24, 2.45) is 0 Å². The number of rotatable bonds is 11. The molecule has 1 aromatic heterocycles. The van der Waals surface area contributed by atoms with Crippen LogP contribution in [0.5, 0.6) is 0 Å². The highest BCUT2D eigenvalue weighted by Gasteiger charge is 2.24. The highest BCUT2D eigenvalue weighted by Crippen LogP contribution is 2.26. The molecule has 0 spiro atoms. The first kappa shape index (κ1) is 24.9. The smallest absolute Gasteiger partial charge is 0.136 e. The number of unbranched alkanes of at least 4 members (excludes halogenated alkanes) is 1. The minimum Gasteiger partial charge on any atom is -0.389 e. The van der Waals surface area contributed by atoms with Crippen LogP contribution in [0.3, 0.4) is 0 Å². The molecule has 1 N–H and O–H groups in total. The number of benzene rings is 1. The van der Waals surface area contributed by atoms with Crippen molar-refractivity contribution in [1.29, 1.82) is 0 Å². The van der Waals surface area contributed by atoms with E-state index in [4.69, 9.17) is 26.3 Å². The van der Waals surface area contributed by atoms with Gasteiger partial charge in [-0.25, -0.2) is 9.97 Å². The van der Waals surface area contributed by atoms with E-state index in [-0.39, 0.29) is 0 Å². The van der Waals surface area contributed by atoms with Crippen molar-refractivity contribution in [2.45, 2.75) is 52.6 Å². The number of β-amino-alcohol motifs (C(OH)–C–C–N with tert-alkyl or cyclic N) is 1. The normalized spacial score (nSPS) is 15.8. The van der Waals surface area contributed by atoms with Crippen LogP contribution in [0, 0.1) is 6.92 Å². The first-order valence-electron chi connectivity index (χ1n) is 11.8. The Labute approximate surface area is 197 Å². The molecule has 0 unspecified atom stereocenters. The lowest BCUT2D eigenvalue weighted by molar-refractivity contribution is 0.0150. The molecule has 2 heterocycles. The predicted octanol–water partition coefficient (Wildman–Crippen LogP) is 3.89. The summed E-state index contributed by atoms with van der Waals surface area (Å²) in [5.74, 6) is 1.87. The number of anilines is 1. The van der Waals surface area contributed by atoms with Gasteiger partial charge in [-0.15, -0.1) is 0 Å². The first-order chi connectivity index (χ1) is 15.5. The molecular formula is C25H37ClN4O2. The second-order valence-corrected chi connectivity index (χ2v) is 8.98. The summed E-state index contributed by atoms with van der Waals surface area (Å²) in [4.78, 5) is 14.3. The van der Waals surface area contributed by atoms with Gasteiger partial charge in [0.1, 0.15) is 11.6 Å². The fourth-order valence-electron chi connectivity index (χ4n) is 4.14. The molecule has 7 heteroatoms. The number of aromatic nitrogens is 2. The van der Waals surface area contributed by atoms with Gasteiger partial charge in [0.25, 0.3) is 0 Å². The van der Waals surface area contributed by atoms with Crippen molar-refractivity contribution in [1.82, 2.24) is 14.9 Å². The van der Waals surface area contributed by atoms with Crippen molar-refractivity contribution in [3.8, 4) is 0 Å². The van der Waals surface area contributed by atoms with Crippen LogP contribution >= 0.6 is 11.6 Å². The zero-order chi connectivity index (χ0) is 22.9. The van der Waals surface area contributed by atoms with Gasteiger partial charge in [-0.1, -0.05) is 44.0 Å². The molecule has 1 aliphatic heterocycles. The molecule has 1 atom stereocenters. The number of ether oxygens (including phenoxy) is 1. The molecule has 6 nitrogen and oxygen atoms in total. The van der Waals surface area contributed by atoms with E-state index in [1.807, 2.05) is 19.1 Å². The van der Waals surface area contributed by atoms with Gasteiger partial charge in [-0.2, -0.15) is 0 Å². The summed E-state index contributed by atoms with van der Waals surface area (Å²) in [6, 6.07) is 8.03. The lowest BCUT2D eigenvalue weighted by Crippen LogP contribution is -2.49. The number of nitrogens with zero attached hydrogens (tertiary/aromatic N) is 4. The summed E-state index contributed by atoms with van der Waals surface area (Å²) in [6.45, 7) is 11.6. The monoisotopic (exact) mass is 460 g/mol. The van der Waals surface area contributed by atoms with E-state index < -0.39 is 6.10 Å². The largest absolute Gasteiger partial charge is 0.389 e. The average molecular weight is 461 g/mol. The van der Waals surface area contributed by atoms with E-state index in [2.05, 4.69) is 35.8 Å². The quantitative estimate of drug-likeness (QED) is 0.513. The number of piperazine rings is 1. The third kappa shape index (κ3) is 7.14. The molecule has 1 fully saturated rings. The van der Waals surface area contributed by atoms with Gasteiger partial charge in [-0.3, -0.25) is 4.90 Å². The molecule has 32 heavy (non-hydrogen) atoms. The molecule has 1 saturated heterocycles. The molecule has 0 radical (unpaired) electrons. The maximum absolute atomic E-state index is 10.3. The van der Waals surface area contributed by atoms with E-state index in [0.29, 0.717) is 13.2 Å². The van der Waals surface area contributed by atoms with Crippen molar-refractivity contribution in [2.75, 3.05) is 50.8 Å². The molecule has 0 amide bonds. The van der Waals surface area contributed by atoms with Crippen LogP contribution in [-0.4, -0.2) is 72.0 Å². The number of aryl methyl sites for hydroxylation is 2. The fourth-order valence-corrected chi connectivity index (χ4v) is 4.26. The number of hydrogen-bond acceptors (Lipinski definition) is 6. The van der Waals surface area contributed by atoms with Crippen molar-refractivity contribution >= 4 is 17.4 Å². The molecule has 0 bridgehead atoms. The summed E-state index contributed by atoms with van der Waals surface area (Å²) in [6.07, 6.45) is 3.39. The molecule has 0 aliphatic carbocycles. The van der Waals surface area contributed by atoms with Crippen LogP contribution in [0.4, 0.5) is 5.82 Å². The van der Waals surface area contributed by atoms with E-state index in [1.54, 1.807) is 0 Å². The zero-order valence-electron chi connectivity index (χ0n) is 19.7. The maximum Gasteiger partial charge on any atom is 0.136 e. The third-order valence-electron chi connectivity index (χ3n) is 5.91. The Kier molecular flexibility index (Phi) is 9.72. The summed E-state index contributed by atoms with van der Waals surface area (Å²) in [7, 11) is 0. The second kappa shape index (κ2) is 12.5. The van der Waals surface area contributed by atoms with Gasteiger partial charge in [0.15, 0.2) is 0 Å². The Morgan fingerprint density at radius 3 is 2.47 bits per heavy atom. The molecule has 3 rings (SSSR count). The van der Waals surface area contributed by atoms with Gasteiger partial charge >= 0.3 is 0 Å². The minimum atomic E-state index is -0.438. The third-order valence-corrected chi connectivity index (χ3v) is 6.16. The van der Waals surface area contributed by atoms with Crippen LogP contribution in [0.1, 0.15) is 49.3 Å². The van der Waals surface area contributed by atoms with Crippen molar-refractivity contribution < 1.29 is 9.84 Å². The summed E-state index contributed by atoms with van der Waals surface area (Å²) < 4.78 is 5.57. The number of halogens is 1. The molecular weight excluding hydrogens is 424 g/mol. The molecule has 2 aromatic rings. The van der Waals surface area contributed by atoms with Gasteiger partial charge < -0.3 is 14.7 Å². The predicted molar refractivity (Wildman–Crippen MR) is 131 cm³/mol. The van der Waals surface area contributed by atoms with Crippen molar-refractivity contribution in [3.05, 3.63) is 51.9 Å². The van der Waals surface area contributed by atoms with Crippen LogP contribution in [0.15, 0.2) is 24.3 Å². The van der Waals surface area contributed by atoms with Crippen LogP contribution in [-0.2, 0) is 17.6 Å². The van der Waals surface area contributed by atoms with Gasteiger partial charge in [0.05, 0.1) is 12.7 Å². The molecule has 0 saturated carbocycles. The van der Waals surface area contributed by atoms with Crippen molar-refractivity contribution in [3.63, 3.8) is 0 Å². The first-order valence-corrected chi connectivity index (χ1v) is 12.2. The molecule has 176 valence electrons. The Balaban J connectivity index is 1.65. The summed E-state index contributed by atoms with van der Waals surface area (Å²) in [5.41, 5.74) is 3.53. The zero-order valence-corrected chi connectivity index (χ0v) is 20.4. The number of aliphatic hydroxyl groups excluding tert-OH is 1. The number of hydrogen-bond donors (Lipinski definition) is 1. The van der Waals surface area contributed by atoms with Gasteiger partial charge in [0, 0.05) is 62.0 Å². The Hall–Kier alpha value is -1.73. The van der Waals surface area contributed by atoms with E-state index in [9.17, 15) is 5.11 Å². The minimum absolute atomic E-state index is 0.413. The number of aliphatic hydroxyl groups is 1. The van der Waals surface area contributed by atoms with E-state index in [1.165, 1.54) is 11.1 Å². The Morgan fingerprint density at radius 2 is 1.81 bits per heavy atom. The summed E-state index contributed by atoms with van der Waals surface area (Å²) >= 11 is 6.08. The Morgan fingerprint density at radius 1 is 1.09 bits per heavy atom. The SMILES string of the molecule is CCCCOC[C@H](O)CN1CCN(c2nc(C)nc(CC)c2Cc2ccc(Cl)cc2)CC1. The van der Waals surface area contributed by atoms with E-state index >= 15 is 0 Å². The Bertz CT molecular complexity index is 839. The lowest BCUT2D eigenvalue weighted by Gasteiger charge is -2.37. The molecule has 1 aliphatic rings. The second-order valence-electron chi connectivity index (χ2n) is 8.55. The average Bonchev–Trinajstić information content (AvgIpc) is 2.79. The topological polar surface area (TPSA) is 61.7 Å². The molecule has 1 aromatic carbocycles. The summed E-state index contributed by atoms with van der Waals surface area (Å²) in [5, 5.41) is 11.1. The highest BCUT2D eigenvalue weighted by atomic mass is 35.5. The van der Waals surface area contributed by atoms with Crippen LogP contribution in [0.2, 0.25) is 5.02 Å². The highest BCUT2D eigenvalue weighted by molar-refractivity contribution is 6.30. The van der Waals surface area contributed by atoms with Crippen LogP contribution in [0.25, 0.3) is 0 Å². The van der Waals surface area contributed by atoms with Gasteiger partial charge in [-0.05, 0) is 37.5 Å². The van der Waals surface area contributed by atoms with Crippen LogP contribution < -0.4 is 4.90 Å². The standard InChI is InChI=1S/C25H37ClN4O2/c1-4-6-15-32-18-22(31)17-29-11-13-30(14-12-29)25-23(24(5-2)27-19(3)28-25)16-20-7-9-21(26)10-8-20/h7-10,22,31H,4-6,11-18H2,1-3H3/t22-/m1/s1. The van der Waals surface area contributed by atoms with E-state index in [0.717, 1.165) is 80.8 Å². The fraction of sp³-hybridized carbons (Fsp3) is 0.600. The maximum atomic E-state index is 10.3.